The summed E-state index contributed by atoms with van der Waals surface area (Å²) in [5, 5.41) is 2.37. The summed E-state index contributed by atoms with van der Waals surface area (Å²) < 4.78 is 5.36. The standard InChI is InChI=1S/C8H6N2S2Se/c1-3-9-7-5(11-3)6-8(13-7)10-4(2)12-6/h1-2H3. The fraction of sp³-hybridized carbons (Fsp3) is 0.250. The Morgan fingerprint density at radius 1 is 0.923 bits per heavy atom. The molecule has 0 spiro atoms. The third-order valence-corrected chi connectivity index (χ3v) is 6.55. The number of hydrogen-bond donors (Lipinski definition) is 0. The van der Waals surface area contributed by atoms with E-state index in [9.17, 15) is 0 Å². The molecule has 0 aliphatic carbocycles. The number of aromatic nitrogens is 2. The number of hydrogen-bond acceptors (Lipinski definition) is 4. The molecule has 3 aromatic heterocycles. The van der Waals surface area contributed by atoms with Crippen molar-refractivity contribution in [2.45, 2.75) is 13.8 Å². The van der Waals surface area contributed by atoms with Crippen molar-refractivity contribution in [3.05, 3.63) is 10.0 Å². The van der Waals surface area contributed by atoms with Gasteiger partial charge >= 0.3 is 89.2 Å². The van der Waals surface area contributed by atoms with E-state index in [-0.39, 0.29) is 0 Å². The molecule has 0 amide bonds. The molecule has 13 heavy (non-hydrogen) atoms. The molecule has 0 aliphatic heterocycles. The Kier molecular flexibility index (Phi) is 1.65. The first-order chi connectivity index (χ1) is 6.24. The van der Waals surface area contributed by atoms with Gasteiger partial charge < -0.3 is 0 Å². The van der Waals surface area contributed by atoms with Crippen LogP contribution >= 0.6 is 22.7 Å². The van der Waals surface area contributed by atoms with Crippen LogP contribution in [0.4, 0.5) is 0 Å². The van der Waals surface area contributed by atoms with E-state index in [1.54, 1.807) is 0 Å². The number of thiazole rings is 2. The van der Waals surface area contributed by atoms with Gasteiger partial charge in [-0.2, -0.15) is 0 Å². The molecule has 3 aromatic rings. The van der Waals surface area contributed by atoms with E-state index < -0.39 is 0 Å². The van der Waals surface area contributed by atoms with Crippen molar-refractivity contribution in [3.8, 4) is 0 Å². The minimum atomic E-state index is 0.375. The van der Waals surface area contributed by atoms with Gasteiger partial charge in [0.2, 0.25) is 0 Å². The van der Waals surface area contributed by atoms with Crippen molar-refractivity contribution in [2.24, 2.45) is 0 Å². The Hall–Kier alpha value is -0.221. The third kappa shape index (κ3) is 1.12. The van der Waals surface area contributed by atoms with E-state index >= 15 is 0 Å². The van der Waals surface area contributed by atoms with E-state index in [0.717, 1.165) is 0 Å². The van der Waals surface area contributed by atoms with E-state index in [0.29, 0.717) is 14.5 Å². The Balaban J connectivity index is 2.56. The second-order valence-corrected chi connectivity index (χ2v) is 7.29. The summed E-state index contributed by atoms with van der Waals surface area (Å²) in [5.74, 6) is 0. The molecule has 3 rings (SSSR count). The fourth-order valence-electron chi connectivity index (χ4n) is 1.33. The molecule has 2 nitrogen and oxygen atoms in total. The van der Waals surface area contributed by atoms with Crippen molar-refractivity contribution < 1.29 is 0 Å². The zero-order valence-electron chi connectivity index (χ0n) is 7.12. The number of fused-ring (bicyclic) bond motifs is 3. The quantitative estimate of drug-likeness (QED) is 0.588. The zero-order chi connectivity index (χ0) is 9.00. The summed E-state index contributed by atoms with van der Waals surface area (Å²) in [6.45, 7) is 4.15. The number of aryl methyl sites for hydroxylation is 2. The monoisotopic (exact) mass is 274 g/mol. The van der Waals surface area contributed by atoms with Gasteiger partial charge in [0.15, 0.2) is 0 Å². The summed E-state index contributed by atoms with van der Waals surface area (Å²) in [6, 6.07) is 0. The first-order valence-electron chi connectivity index (χ1n) is 3.87. The average Bonchev–Trinajstić information content (AvgIpc) is 2.60. The molecule has 3 heterocycles. The van der Waals surface area contributed by atoms with Gasteiger partial charge in [-0.1, -0.05) is 0 Å². The van der Waals surface area contributed by atoms with Crippen LogP contribution in [-0.4, -0.2) is 24.5 Å². The molecule has 0 saturated carbocycles. The average molecular weight is 273 g/mol. The number of nitrogens with zero attached hydrogens (tertiary/aromatic N) is 2. The van der Waals surface area contributed by atoms with Crippen LogP contribution in [0, 0.1) is 13.8 Å². The topological polar surface area (TPSA) is 25.8 Å². The summed E-state index contributed by atoms with van der Waals surface area (Å²) in [4.78, 5) is 9.04. The van der Waals surface area contributed by atoms with Crippen molar-refractivity contribution >= 4 is 55.4 Å². The van der Waals surface area contributed by atoms with Crippen LogP contribution in [0.3, 0.4) is 0 Å². The predicted octanol–water partition coefficient (Wildman–Crippen LogP) is 2.58. The molecule has 66 valence electrons. The minimum absolute atomic E-state index is 0.375. The molecule has 0 radical (unpaired) electrons. The predicted molar refractivity (Wildman–Crippen MR) is 59.2 cm³/mol. The normalized spacial score (nSPS) is 11.8. The fourth-order valence-corrected chi connectivity index (χ4v) is 6.57. The van der Waals surface area contributed by atoms with E-state index in [1.165, 1.54) is 28.2 Å². The first-order valence-corrected chi connectivity index (χ1v) is 7.22. The summed E-state index contributed by atoms with van der Waals surface area (Å²) in [7, 11) is 0. The maximum absolute atomic E-state index is 4.52. The SMILES string of the molecule is Cc1nc2[se]c3nc(C)sc3c2s1. The van der Waals surface area contributed by atoms with Crippen molar-refractivity contribution in [2.75, 3.05) is 0 Å². The Morgan fingerprint density at radius 2 is 1.38 bits per heavy atom. The Labute approximate surface area is 89.0 Å². The van der Waals surface area contributed by atoms with Crippen molar-refractivity contribution in [1.29, 1.82) is 0 Å². The van der Waals surface area contributed by atoms with Gasteiger partial charge in [-0.15, -0.1) is 0 Å². The van der Waals surface area contributed by atoms with Crippen LogP contribution in [-0.2, 0) is 0 Å². The van der Waals surface area contributed by atoms with Gasteiger partial charge in [-0.05, 0) is 0 Å². The van der Waals surface area contributed by atoms with Crippen LogP contribution < -0.4 is 0 Å². The number of rotatable bonds is 0. The molecule has 0 saturated heterocycles. The molecular formula is C8H6N2S2Se. The van der Waals surface area contributed by atoms with Crippen molar-refractivity contribution in [1.82, 2.24) is 9.97 Å². The summed E-state index contributed by atoms with van der Waals surface area (Å²) in [6.07, 6.45) is 0. The molecule has 0 fully saturated rings. The maximum atomic E-state index is 4.52. The molecule has 0 atom stereocenters. The van der Waals surface area contributed by atoms with Crippen LogP contribution in [0.2, 0.25) is 0 Å². The molecular weight excluding hydrogens is 267 g/mol. The van der Waals surface area contributed by atoms with E-state index in [1.807, 2.05) is 22.7 Å². The summed E-state index contributed by atoms with van der Waals surface area (Å²) >= 11 is 3.99. The van der Waals surface area contributed by atoms with E-state index in [2.05, 4.69) is 23.8 Å². The first kappa shape index (κ1) is 8.12. The van der Waals surface area contributed by atoms with Gasteiger partial charge in [-0.25, -0.2) is 0 Å². The molecule has 0 unspecified atom stereocenters. The van der Waals surface area contributed by atoms with Gasteiger partial charge in [0.05, 0.1) is 0 Å². The molecule has 5 heteroatoms. The van der Waals surface area contributed by atoms with Gasteiger partial charge in [0.1, 0.15) is 0 Å². The molecule has 0 aliphatic rings. The van der Waals surface area contributed by atoms with Crippen molar-refractivity contribution in [3.63, 3.8) is 0 Å². The third-order valence-electron chi connectivity index (χ3n) is 1.81. The van der Waals surface area contributed by atoms with Gasteiger partial charge in [0, 0.05) is 0 Å². The van der Waals surface area contributed by atoms with E-state index in [4.69, 9.17) is 0 Å². The van der Waals surface area contributed by atoms with Gasteiger partial charge in [-0.3, -0.25) is 0 Å². The zero-order valence-corrected chi connectivity index (χ0v) is 10.5. The molecule has 0 aromatic carbocycles. The molecule has 0 N–H and O–H groups in total. The Morgan fingerprint density at radius 3 is 1.85 bits per heavy atom. The second-order valence-electron chi connectivity index (χ2n) is 2.84. The molecule has 0 bridgehead atoms. The van der Waals surface area contributed by atoms with Crippen LogP contribution in [0.15, 0.2) is 0 Å². The Bertz CT molecular complexity index is 539. The van der Waals surface area contributed by atoms with Crippen LogP contribution in [0.1, 0.15) is 10.0 Å². The van der Waals surface area contributed by atoms with Gasteiger partial charge in [0.25, 0.3) is 0 Å². The van der Waals surface area contributed by atoms with Crippen LogP contribution in [0.25, 0.3) is 18.2 Å². The second kappa shape index (κ2) is 2.64. The summed E-state index contributed by atoms with van der Waals surface area (Å²) in [5.41, 5.74) is 0. The van der Waals surface area contributed by atoms with Crippen LogP contribution in [0.5, 0.6) is 0 Å².